The highest BCUT2D eigenvalue weighted by Crippen LogP contribution is 2.31. The molecule has 0 saturated carbocycles. The highest BCUT2D eigenvalue weighted by Gasteiger charge is 2.25. The molecule has 0 spiro atoms. The second kappa shape index (κ2) is 9.22. The number of pyridine rings is 2. The Hall–Kier alpha value is -2.99. The number of rotatable bonds is 7. The molecule has 4 rings (SSSR count). The first kappa shape index (κ1) is 20.3. The number of para-hydroxylation sites is 1. The number of carbonyl (C=O) groups excluding carboxylic acids is 1. The minimum absolute atomic E-state index is 0.0781. The molecular weight excluding hydrogens is 378 g/mol. The maximum absolute atomic E-state index is 13.4. The number of hydrogen-bond donors (Lipinski definition) is 1. The molecule has 1 aliphatic carbocycles. The number of nitrogens with one attached hydrogen (secondary N) is 1. The summed E-state index contributed by atoms with van der Waals surface area (Å²) in [4.78, 5) is 22.5. The van der Waals surface area contributed by atoms with Crippen molar-refractivity contribution in [3.8, 4) is 5.88 Å². The summed E-state index contributed by atoms with van der Waals surface area (Å²) in [7, 11) is 1.63. The number of benzene rings is 1. The standard InChI is InChI=1S/C24H27N3O3/c1-16-9-10-21-19(14-16)22(18-7-3-4-8-20(18)27-21)23(28)26-15-17-6-5-11-25-24(17)30-13-12-29-2/h3-8,11,16H,9-10,12-15H2,1-2H3,(H,26,28). The van der Waals surface area contributed by atoms with Gasteiger partial charge in [-0.05, 0) is 42.9 Å². The maximum Gasteiger partial charge on any atom is 0.252 e. The number of fused-ring (bicyclic) bond motifs is 2. The molecule has 2 aromatic heterocycles. The van der Waals surface area contributed by atoms with Crippen LogP contribution in [-0.2, 0) is 24.1 Å². The van der Waals surface area contributed by atoms with Crippen LogP contribution in [0.5, 0.6) is 5.88 Å². The fourth-order valence-corrected chi connectivity index (χ4v) is 4.00. The van der Waals surface area contributed by atoms with Crippen LogP contribution in [0.15, 0.2) is 42.6 Å². The summed E-state index contributed by atoms with van der Waals surface area (Å²) in [6, 6.07) is 11.7. The fraction of sp³-hybridized carbons (Fsp3) is 0.375. The molecule has 0 saturated heterocycles. The Balaban J connectivity index is 1.61. The predicted octanol–water partition coefficient (Wildman–Crippen LogP) is 3.71. The van der Waals surface area contributed by atoms with Crippen molar-refractivity contribution in [1.82, 2.24) is 15.3 Å². The molecule has 1 amide bonds. The number of amides is 1. The van der Waals surface area contributed by atoms with Crippen molar-refractivity contribution in [2.24, 2.45) is 5.92 Å². The van der Waals surface area contributed by atoms with Crippen LogP contribution in [-0.4, -0.2) is 36.2 Å². The van der Waals surface area contributed by atoms with Gasteiger partial charge in [-0.15, -0.1) is 0 Å². The number of hydrogen-bond acceptors (Lipinski definition) is 5. The molecule has 1 atom stereocenters. The fourth-order valence-electron chi connectivity index (χ4n) is 4.00. The molecule has 0 bridgehead atoms. The lowest BCUT2D eigenvalue weighted by molar-refractivity contribution is 0.0950. The smallest absolute Gasteiger partial charge is 0.252 e. The van der Waals surface area contributed by atoms with Gasteiger partial charge in [0.25, 0.3) is 5.91 Å². The maximum atomic E-state index is 13.4. The number of methoxy groups -OCH3 is 1. The van der Waals surface area contributed by atoms with E-state index in [2.05, 4.69) is 17.2 Å². The van der Waals surface area contributed by atoms with Crippen LogP contribution in [0.1, 0.15) is 40.5 Å². The van der Waals surface area contributed by atoms with Crippen molar-refractivity contribution in [1.29, 1.82) is 0 Å². The first-order chi connectivity index (χ1) is 14.7. The number of nitrogens with zero attached hydrogens (tertiary/aromatic N) is 2. The number of aromatic nitrogens is 2. The summed E-state index contributed by atoms with van der Waals surface area (Å²) in [6.07, 6.45) is 4.59. The van der Waals surface area contributed by atoms with Crippen molar-refractivity contribution >= 4 is 16.8 Å². The average molecular weight is 405 g/mol. The summed E-state index contributed by atoms with van der Waals surface area (Å²) >= 11 is 0. The van der Waals surface area contributed by atoms with E-state index in [-0.39, 0.29) is 5.91 Å². The quantitative estimate of drug-likeness (QED) is 0.607. The van der Waals surface area contributed by atoms with Gasteiger partial charge in [-0.25, -0.2) is 4.98 Å². The molecule has 30 heavy (non-hydrogen) atoms. The minimum atomic E-state index is -0.0781. The predicted molar refractivity (Wildman–Crippen MR) is 116 cm³/mol. The van der Waals surface area contributed by atoms with E-state index in [1.165, 1.54) is 0 Å². The van der Waals surface area contributed by atoms with E-state index in [1.807, 2.05) is 36.4 Å². The van der Waals surface area contributed by atoms with Crippen molar-refractivity contribution in [3.63, 3.8) is 0 Å². The lowest BCUT2D eigenvalue weighted by atomic mass is 9.84. The third kappa shape index (κ3) is 4.28. The molecule has 0 aliphatic heterocycles. The molecule has 0 fully saturated rings. The summed E-state index contributed by atoms with van der Waals surface area (Å²) < 4.78 is 10.7. The topological polar surface area (TPSA) is 73.3 Å². The average Bonchev–Trinajstić information content (AvgIpc) is 2.77. The summed E-state index contributed by atoms with van der Waals surface area (Å²) in [5, 5.41) is 3.99. The summed E-state index contributed by atoms with van der Waals surface area (Å²) in [6.45, 7) is 3.47. The minimum Gasteiger partial charge on any atom is -0.475 e. The molecule has 3 aromatic rings. The molecule has 2 heterocycles. The van der Waals surface area contributed by atoms with Crippen LogP contribution in [0, 0.1) is 5.92 Å². The van der Waals surface area contributed by atoms with Gasteiger partial charge in [0.1, 0.15) is 6.61 Å². The van der Waals surface area contributed by atoms with Gasteiger partial charge in [0.15, 0.2) is 0 Å². The van der Waals surface area contributed by atoms with Crippen LogP contribution in [0.2, 0.25) is 0 Å². The lowest BCUT2D eigenvalue weighted by Gasteiger charge is -2.24. The Morgan fingerprint density at radius 3 is 2.93 bits per heavy atom. The molecule has 1 aromatic carbocycles. The zero-order chi connectivity index (χ0) is 20.9. The summed E-state index contributed by atoms with van der Waals surface area (Å²) in [5.74, 6) is 0.988. The van der Waals surface area contributed by atoms with Gasteiger partial charge in [0, 0.05) is 36.5 Å². The van der Waals surface area contributed by atoms with Gasteiger partial charge < -0.3 is 14.8 Å². The second-order valence-corrected chi connectivity index (χ2v) is 7.77. The van der Waals surface area contributed by atoms with E-state index in [1.54, 1.807) is 13.3 Å². The first-order valence-corrected chi connectivity index (χ1v) is 10.4. The van der Waals surface area contributed by atoms with E-state index in [9.17, 15) is 4.79 Å². The molecule has 156 valence electrons. The molecule has 1 aliphatic rings. The Morgan fingerprint density at radius 1 is 1.20 bits per heavy atom. The van der Waals surface area contributed by atoms with Crippen LogP contribution in [0.4, 0.5) is 0 Å². The highest BCUT2D eigenvalue weighted by atomic mass is 16.5. The molecule has 1 unspecified atom stereocenters. The molecular formula is C24H27N3O3. The van der Waals surface area contributed by atoms with Crippen LogP contribution < -0.4 is 10.1 Å². The monoisotopic (exact) mass is 405 g/mol. The Labute approximate surface area is 176 Å². The van der Waals surface area contributed by atoms with Crippen molar-refractivity contribution in [2.45, 2.75) is 32.7 Å². The normalized spacial score (nSPS) is 15.6. The van der Waals surface area contributed by atoms with Gasteiger partial charge in [-0.3, -0.25) is 9.78 Å². The van der Waals surface area contributed by atoms with Crippen molar-refractivity contribution in [2.75, 3.05) is 20.3 Å². The van der Waals surface area contributed by atoms with Gasteiger partial charge in [0.2, 0.25) is 5.88 Å². The van der Waals surface area contributed by atoms with E-state index in [0.717, 1.165) is 52.5 Å². The van der Waals surface area contributed by atoms with E-state index in [0.29, 0.717) is 31.6 Å². The van der Waals surface area contributed by atoms with E-state index < -0.39 is 0 Å². The first-order valence-electron chi connectivity index (χ1n) is 10.4. The van der Waals surface area contributed by atoms with Gasteiger partial charge in [0.05, 0.1) is 17.7 Å². The SMILES string of the molecule is COCCOc1ncccc1CNC(=O)c1c2c(nc3ccccc13)CCC(C)C2. The van der Waals surface area contributed by atoms with Gasteiger partial charge in [-0.2, -0.15) is 0 Å². The largest absolute Gasteiger partial charge is 0.475 e. The van der Waals surface area contributed by atoms with Gasteiger partial charge >= 0.3 is 0 Å². The highest BCUT2D eigenvalue weighted by molar-refractivity contribution is 6.07. The lowest BCUT2D eigenvalue weighted by Crippen LogP contribution is -2.27. The number of ether oxygens (including phenoxy) is 2. The van der Waals surface area contributed by atoms with Crippen LogP contribution in [0.3, 0.4) is 0 Å². The zero-order valence-corrected chi connectivity index (χ0v) is 17.5. The molecule has 0 radical (unpaired) electrons. The molecule has 6 heteroatoms. The van der Waals surface area contributed by atoms with Crippen molar-refractivity contribution in [3.05, 3.63) is 65.0 Å². The van der Waals surface area contributed by atoms with Crippen LogP contribution >= 0.6 is 0 Å². The van der Waals surface area contributed by atoms with E-state index in [4.69, 9.17) is 14.5 Å². The Kier molecular flexibility index (Phi) is 6.23. The Morgan fingerprint density at radius 2 is 2.07 bits per heavy atom. The van der Waals surface area contributed by atoms with E-state index >= 15 is 0 Å². The zero-order valence-electron chi connectivity index (χ0n) is 17.5. The number of carbonyl (C=O) groups is 1. The van der Waals surface area contributed by atoms with Gasteiger partial charge in [-0.1, -0.05) is 31.2 Å². The third-order valence-electron chi connectivity index (χ3n) is 5.55. The molecule has 6 nitrogen and oxygen atoms in total. The summed E-state index contributed by atoms with van der Waals surface area (Å²) in [5.41, 5.74) is 4.62. The third-order valence-corrected chi connectivity index (χ3v) is 5.55. The van der Waals surface area contributed by atoms with Crippen molar-refractivity contribution < 1.29 is 14.3 Å². The molecule has 1 N–H and O–H groups in total. The number of aryl methyl sites for hydroxylation is 1. The van der Waals surface area contributed by atoms with Crippen LogP contribution in [0.25, 0.3) is 10.9 Å². The Bertz CT molecular complexity index is 1050. The second-order valence-electron chi connectivity index (χ2n) is 7.77.